The quantitative estimate of drug-likeness (QED) is 0.719. The van der Waals surface area contributed by atoms with E-state index in [1.165, 1.54) is 6.92 Å². The van der Waals surface area contributed by atoms with Crippen LogP contribution in [0.1, 0.15) is 27.7 Å². The molecule has 0 aliphatic carbocycles. The lowest BCUT2D eigenvalue weighted by Gasteiger charge is -2.19. The highest BCUT2D eigenvalue weighted by Crippen LogP contribution is 2.06. The summed E-state index contributed by atoms with van der Waals surface area (Å²) in [5, 5.41) is 2.34. The van der Waals surface area contributed by atoms with E-state index in [9.17, 15) is 9.18 Å². The van der Waals surface area contributed by atoms with E-state index in [0.29, 0.717) is 0 Å². The van der Waals surface area contributed by atoms with Crippen LogP contribution in [0.2, 0.25) is 0 Å². The fourth-order valence-electron chi connectivity index (χ4n) is 0.603. The molecule has 0 aliphatic heterocycles. The van der Waals surface area contributed by atoms with E-state index in [4.69, 9.17) is 10.5 Å². The Labute approximate surface area is 83.3 Å². The molecule has 0 radical (unpaired) electrons. The minimum Gasteiger partial charge on any atom is -0.444 e. The summed E-state index contributed by atoms with van der Waals surface area (Å²) in [7, 11) is 0. The molecular weight excluding hydrogens is 187 g/mol. The number of nitrogens with one attached hydrogen (secondary N) is 1. The van der Waals surface area contributed by atoms with Gasteiger partial charge in [-0.05, 0) is 27.7 Å². The molecule has 0 aromatic carbocycles. The maximum absolute atomic E-state index is 12.4. The molecule has 0 atom stereocenters. The Morgan fingerprint density at radius 2 is 2.00 bits per heavy atom. The summed E-state index contributed by atoms with van der Waals surface area (Å²) in [6.45, 7) is 6.41. The number of hydrogen-bond donors (Lipinski definition) is 2. The van der Waals surface area contributed by atoms with Gasteiger partial charge in [0.25, 0.3) is 0 Å². The number of ether oxygens (including phenoxy) is 1. The highest BCUT2D eigenvalue weighted by atomic mass is 19.1. The van der Waals surface area contributed by atoms with Crippen LogP contribution in [-0.2, 0) is 4.74 Å². The summed E-state index contributed by atoms with van der Waals surface area (Å²) >= 11 is 0. The van der Waals surface area contributed by atoms with Crippen LogP contribution in [-0.4, -0.2) is 18.2 Å². The summed E-state index contributed by atoms with van der Waals surface area (Å²) in [6.07, 6.45) is -0.610. The SMILES string of the molecule is C/C(F)=C(\N)CNC(=O)OC(C)(C)C. The minimum atomic E-state index is -0.610. The van der Waals surface area contributed by atoms with Crippen LogP contribution in [0, 0.1) is 0 Å². The predicted octanol–water partition coefficient (Wildman–Crippen LogP) is 1.67. The first kappa shape index (κ1) is 12.7. The van der Waals surface area contributed by atoms with Crippen molar-refractivity contribution in [3.8, 4) is 0 Å². The number of allylic oxidation sites excluding steroid dienone is 1. The van der Waals surface area contributed by atoms with E-state index in [1.54, 1.807) is 20.8 Å². The number of amides is 1. The zero-order chi connectivity index (χ0) is 11.4. The van der Waals surface area contributed by atoms with E-state index in [2.05, 4.69) is 5.32 Å². The Bertz CT molecular complexity index is 240. The van der Waals surface area contributed by atoms with Crippen molar-refractivity contribution in [1.82, 2.24) is 5.32 Å². The molecular formula is C9H17FN2O2. The Morgan fingerprint density at radius 1 is 1.50 bits per heavy atom. The number of halogens is 1. The minimum absolute atomic E-state index is 0.00383. The lowest BCUT2D eigenvalue weighted by Crippen LogP contribution is -2.34. The van der Waals surface area contributed by atoms with Gasteiger partial charge in [-0.2, -0.15) is 0 Å². The summed E-state index contributed by atoms with van der Waals surface area (Å²) in [4.78, 5) is 11.1. The number of alkyl carbamates (subject to hydrolysis) is 1. The zero-order valence-electron chi connectivity index (χ0n) is 8.98. The molecule has 0 bridgehead atoms. The van der Waals surface area contributed by atoms with Crippen LogP contribution >= 0.6 is 0 Å². The maximum Gasteiger partial charge on any atom is 0.407 e. The van der Waals surface area contributed by atoms with E-state index >= 15 is 0 Å². The van der Waals surface area contributed by atoms with Crippen molar-refractivity contribution in [2.75, 3.05) is 6.54 Å². The van der Waals surface area contributed by atoms with Crippen LogP contribution in [0.5, 0.6) is 0 Å². The molecule has 0 rings (SSSR count). The zero-order valence-corrected chi connectivity index (χ0v) is 8.98. The average molecular weight is 204 g/mol. The smallest absolute Gasteiger partial charge is 0.407 e. The van der Waals surface area contributed by atoms with Gasteiger partial charge in [0.15, 0.2) is 0 Å². The first-order chi connectivity index (χ1) is 6.22. The van der Waals surface area contributed by atoms with Gasteiger partial charge in [0.05, 0.1) is 12.2 Å². The third-order valence-corrected chi connectivity index (χ3v) is 1.26. The van der Waals surface area contributed by atoms with Gasteiger partial charge in [-0.25, -0.2) is 9.18 Å². The maximum atomic E-state index is 12.4. The van der Waals surface area contributed by atoms with Gasteiger partial charge in [0.2, 0.25) is 0 Å². The van der Waals surface area contributed by atoms with Crippen molar-refractivity contribution in [2.24, 2.45) is 5.73 Å². The van der Waals surface area contributed by atoms with Gasteiger partial charge < -0.3 is 15.8 Å². The van der Waals surface area contributed by atoms with E-state index in [0.717, 1.165) is 0 Å². The highest BCUT2D eigenvalue weighted by molar-refractivity contribution is 5.67. The topological polar surface area (TPSA) is 64.3 Å². The third kappa shape index (κ3) is 6.28. The largest absolute Gasteiger partial charge is 0.444 e. The van der Waals surface area contributed by atoms with E-state index < -0.39 is 17.5 Å². The Morgan fingerprint density at radius 3 is 2.36 bits per heavy atom. The first-order valence-corrected chi connectivity index (χ1v) is 4.30. The molecule has 5 heteroatoms. The molecule has 82 valence electrons. The van der Waals surface area contributed by atoms with Crippen LogP contribution in [0.25, 0.3) is 0 Å². The van der Waals surface area contributed by atoms with Crippen molar-refractivity contribution in [3.63, 3.8) is 0 Å². The highest BCUT2D eigenvalue weighted by Gasteiger charge is 2.15. The normalized spacial score (nSPS) is 13.2. The summed E-state index contributed by atoms with van der Waals surface area (Å²) < 4.78 is 17.4. The number of carbonyl (C=O) groups excluding carboxylic acids is 1. The Balaban J connectivity index is 3.94. The molecule has 1 amide bonds. The van der Waals surface area contributed by atoms with Gasteiger partial charge in [-0.3, -0.25) is 0 Å². The number of carbonyl (C=O) groups is 1. The monoisotopic (exact) mass is 204 g/mol. The number of hydrogen-bond acceptors (Lipinski definition) is 3. The molecule has 3 N–H and O–H groups in total. The predicted molar refractivity (Wildman–Crippen MR) is 52.2 cm³/mol. The third-order valence-electron chi connectivity index (χ3n) is 1.26. The molecule has 0 aromatic heterocycles. The second kappa shape index (κ2) is 4.83. The van der Waals surface area contributed by atoms with Gasteiger partial charge in [-0.15, -0.1) is 0 Å². The van der Waals surface area contributed by atoms with Crippen LogP contribution < -0.4 is 11.1 Å². The summed E-state index contributed by atoms with van der Waals surface area (Å²) in [6, 6.07) is 0. The van der Waals surface area contributed by atoms with Crippen molar-refractivity contribution in [1.29, 1.82) is 0 Å². The van der Waals surface area contributed by atoms with Gasteiger partial charge in [-0.1, -0.05) is 0 Å². The molecule has 0 aromatic rings. The molecule has 0 saturated heterocycles. The molecule has 0 fully saturated rings. The van der Waals surface area contributed by atoms with Gasteiger partial charge >= 0.3 is 6.09 Å². The summed E-state index contributed by atoms with van der Waals surface area (Å²) in [5.41, 5.74) is 4.70. The van der Waals surface area contributed by atoms with Gasteiger partial charge in [0, 0.05) is 0 Å². The molecule has 14 heavy (non-hydrogen) atoms. The van der Waals surface area contributed by atoms with E-state index in [-0.39, 0.29) is 12.2 Å². The molecule has 0 saturated carbocycles. The number of rotatable bonds is 2. The van der Waals surface area contributed by atoms with Gasteiger partial charge in [0.1, 0.15) is 11.4 Å². The van der Waals surface area contributed by atoms with Crippen LogP contribution in [0.3, 0.4) is 0 Å². The summed E-state index contributed by atoms with van der Waals surface area (Å²) in [5.74, 6) is -0.499. The molecule has 0 unspecified atom stereocenters. The van der Waals surface area contributed by atoms with Crippen molar-refractivity contribution >= 4 is 6.09 Å². The first-order valence-electron chi connectivity index (χ1n) is 4.30. The Kier molecular flexibility index (Phi) is 4.40. The van der Waals surface area contributed by atoms with E-state index in [1.807, 2.05) is 0 Å². The second-order valence-corrected chi connectivity index (χ2v) is 3.91. The molecule has 4 nitrogen and oxygen atoms in total. The Hall–Kier alpha value is -1.26. The standard InChI is InChI=1S/C9H17FN2O2/c1-6(10)7(11)5-12-8(13)14-9(2,3)4/h5,11H2,1-4H3,(H,12,13)/b7-6+. The van der Waals surface area contributed by atoms with Crippen molar-refractivity contribution in [2.45, 2.75) is 33.3 Å². The molecule has 0 aliphatic rings. The lowest BCUT2D eigenvalue weighted by atomic mass is 10.2. The van der Waals surface area contributed by atoms with Crippen LogP contribution in [0.4, 0.5) is 9.18 Å². The fraction of sp³-hybridized carbons (Fsp3) is 0.667. The lowest BCUT2D eigenvalue weighted by molar-refractivity contribution is 0.0532. The molecule has 0 spiro atoms. The van der Waals surface area contributed by atoms with Crippen molar-refractivity contribution in [3.05, 3.63) is 11.5 Å². The molecule has 0 heterocycles. The number of nitrogens with two attached hydrogens (primary N) is 1. The fourth-order valence-corrected chi connectivity index (χ4v) is 0.603. The van der Waals surface area contributed by atoms with Crippen molar-refractivity contribution < 1.29 is 13.9 Å². The average Bonchev–Trinajstić information content (AvgIpc) is 1.96. The second-order valence-electron chi connectivity index (χ2n) is 3.91. The van der Waals surface area contributed by atoms with Crippen LogP contribution in [0.15, 0.2) is 11.5 Å².